The molecule has 0 atom stereocenters. The number of nitrogens with two attached hydrogens (primary N) is 1. The molecule has 0 aliphatic rings. The molecule has 1 aromatic rings. The van der Waals surface area contributed by atoms with Gasteiger partial charge < -0.3 is 10.5 Å². The molecule has 3 heteroatoms. The Morgan fingerprint density at radius 3 is 2.85 bits per heavy atom. The molecule has 0 aliphatic heterocycles. The molecule has 0 heterocycles. The smallest absolute Gasteiger partial charge is 0.142 e. The van der Waals surface area contributed by atoms with E-state index in [0.717, 1.165) is 23.9 Å². The van der Waals surface area contributed by atoms with Crippen molar-refractivity contribution in [1.29, 1.82) is 0 Å². The van der Waals surface area contributed by atoms with Crippen LogP contribution >= 0.6 is 11.8 Å². The summed E-state index contributed by atoms with van der Waals surface area (Å²) < 4.78 is 5.49. The Morgan fingerprint density at radius 1 is 1.38 bits per heavy atom. The molecule has 2 nitrogen and oxygen atoms in total. The van der Waals surface area contributed by atoms with E-state index in [-0.39, 0.29) is 0 Å². The summed E-state index contributed by atoms with van der Waals surface area (Å²) in [5.41, 5.74) is 6.42. The minimum Gasteiger partial charge on any atom is -0.491 e. The van der Waals surface area contributed by atoms with E-state index in [0.29, 0.717) is 5.69 Å². The Labute approximate surface area is 83.5 Å². The number of rotatable bonds is 5. The summed E-state index contributed by atoms with van der Waals surface area (Å²) in [5.74, 6) is 2.94. The van der Waals surface area contributed by atoms with Crippen molar-refractivity contribution >= 4 is 17.4 Å². The monoisotopic (exact) mass is 197 g/mol. The van der Waals surface area contributed by atoms with Crippen LogP contribution in [0.1, 0.15) is 6.92 Å². The van der Waals surface area contributed by atoms with Gasteiger partial charge in [-0.1, -0.05) is 19.1 Å². The predicted molar refractivity (Wildman–Crippen MR) is 59.3 cm³/mol. The van der Waals surface area contributed by atoms with Crippen LogP contribution in [0.5, 0.6) is 5.75 Å². The fraction of sp³-hybridized carbons (Fsp3) is 0.400. The summed E-state index contributed by atoms with van der Waals surface area (Å²) >= 11 is 1.87. The van der Waals surface area contributed by atoms with Gasteiger partial charge in [0.05, 0.1) is 12.3 Å². The molecule has 0 spiro atoms. The van der Waals surface area contributed by atoms with Crippen LogP contribution in [0.2, 0.25) is 0 Å². The van der Waals surface area contributed by atoms with Crippen LogP contribution < -0.4 is 10.5 Å². The van der Waals surface area contributed by atoms with Crippen molar-refractivity contribution in [3.05, 3.63) is 24.3 Å². The van der Waals surface area contributed by atoms with Crippen LogP contribution in [0.4, 0.5) is 5.69 Å². The molecule has 1 rings (SSSR count). The van der Waals surface area contributed by atoms with Gasteiger partial charge in [-0.15, -0.1) is 0 Å². The van der Waals surface area contributed by atoms with E-state index in [4.69, 9.17) is 10.5 Å². The Bertz CT molecular complexity index is 252. The van der Waals surface area contributed by atoms with Gasteiger partial charge in [-0.05, 0) is 17.9 Å². The van der Waals surface area contributed by atoms with Crippen molar-refractivity contribution in [2.45, 2.75) is 6.92 Å². The Kier molecular flexibility index (Phi) is 4.54. The molecule has 0 fully saturated rings. The number of benzene rings is 1. The summed E-state index contributed by atoms with van der Waals surface area (Å²) in [5, 5.41) is 0. The molecule has 0 amide bonds. The lowest BCUT2D eigenvalue weighted by Crippen LogP contribution is -2.02. The highest BCUT2D eigenvalue weighted by atomic mass is 32.2. The number of nitrogen functional groups attached to an aromatic ring is 1. The first kappa shape index (κ1) is 10.3. The van der Waals surface area contributed by atoms with Crippen LogP contribution in [0, 0.1) is 0 Å². The number of thioether (sulfide) groups is 1. The van der Waals surface area contributed by atoms with E-state index < -0.39 is 0 Å². The molecule has 13 heavy (non-hydrogen) atoms. The molecule has 72 valence electrons. The second-order valence-electron chi connectivity index (χ2n) is 2.58. The lowest BCUT2D eigenvalue weighted by Gasteiger charge is -2.07. The highest BCUT2D eigenvalue weighted by Crippen LogP contribution is 2.19. The molecule has 0 radical (unpaired) electrons. The highest BCUT2D eigenvalue weighted by molar-refractivity contribution is 7.99. The average Bonchev–Trinajstić information content (AvgIpc) is 2.15. The molecular weight excluding hydrogens is 182 g/mol. The summed E-state index contributed by atoms with van der Waals surface area (Å²) in [6.45, 7) is 2.87. The van der Waals surface area contributed by atoms with Crippen LogP contribution in [0.25, 0.3) is 0 Å². The number of para-hydroxylation sites is 2. The minimum atomic E-state index is 0.712. The van der Waals surface area contributed by atoms with Crippen molar-refractivity contribution in [1.82, 2.24) is 0 Å². The van der Waals surface area contributed by atoms with Gasteiger partial charge in [-0.3, -0.25) is 0 Å². The SMILES string of the molecule is CCSCCOc1ccccc1N. The molecule has 0 aromatic heterocycles. The number of hydrogen-bond acceptors (Lipinski definition) is 3. The van der Waals surface area contributed by atoms with Crippen molar-refractivity contribution in [3.63, 3.8) is 0 Å². The number of hydrogen-bond donors (Lipinski definition) is 1. The topological polar surface area (TPSA) is 35.2 Å². The van der Waals surface area contributed by atoms with Crippen LogP contribution in [0.3, 0.4) is 0 Å². The van der Waals surface area contributed by atoms with Crippen molar-refractivity contribution in [2.24, 2.45) is 0 Å². The Hall–Kier alpha value is -0.830. The van der Waals surface area contributed by atoms with Crippen LogP contribution in [-0.4, -0.2) is 18.1 Å². The van der Waals surface area contributed by atoms with E-state index in [1.807, 2.05) is 36.0 Å². The fourth-order valence-corrected chi connectivity index (χ4v) is 1.46. The zero-order chi connectivity index (χ0) is 9.52. The summed E-state index contributed by atoms with van der Waals surface area (Å²) in [6, 6.07) is 7.58. The first-order chi connectivity index (χ1) is 6.34. The second kappa shape index (κ2) is 5.75. The van der Waals surface area contributed by atoms with Gasteiger partial charge in [0.25, 0.3) is 0 Å². The third-order valence-electron chi connectivity index (χ3n) is 1.61. The molecular formula is C10H15NOS. The fourth-order valence-electron chi connectivity index (χ4n) is 0.967. The molecule has 0 saturated carbocycles. The lowest BCUT2D eigenvalue weighted by atomic mass is 10.3. The number of ether oxygens (including phenoxy) is 1. The first-order valence-corrected chi connectivity index (χ1v) is 5.55. The molecule has 1 aromatic carbocycles. The van der Waals surface area contributed by atoms with E-state index in [1.54, 1.807) is 0 Å². The second-order valence-corrected chi connectivity index (χ2v) is 3.98. The van der Waals surface area contributed by atoms with Gasteiger partial charge in [0, 0.05) is 5.75 Å². The van der Waals surface area contributed by atoms with Gasteiger partial charge in [0.2, 0.25) is 0 Å². The maximum atomic E-state index is 5.70. The van der Waals surface area contributed by atoms with E-state index in [9.17, 15) is 0 Å². The van der Waals surface area contributed by atoms with E-state index in [2.05, 4.69) is 6.92 Å². The van der Waals surface area contributed by atoms with Gasteiger partial charge >= 0.3 is 0 Å². The van der Waals surface area contributed by atoms with Gasteiger partial charge in [0.1, 0.15) is 5.75 Å². The third kappa shape index (κ3) is 3.59. The van der Waals surface area contributed by atoms with Crippen LogP contribution in [-0.2, 0) is 0 Å². The molecule has 0 bridgehead atoms. The molecule has 0 saturated heterocycles. The zero-order valence-electron chi connectivity index (χ0n) is 7.82. The zero-order valence-corrected chi connectivity index (χ0v) is 8.64. The van der Waals surface area contributed by atoms with Crippen molar-refractivity contribution in [3.8, 4) is 5.75 Å². The Balaban J connectivity index is 2.32. The maximum Gasteiger partial charge on any atom is 0.142 e. The normalized spacial score (nSPS) is 9.92. The standard InChI is InChI=1S/C10H15NOS/c1-2-13-8-7-12-10-6-4-3-5-9(10)11/h3-6H,2,7-8,11H2,1H3. The van der Waals surface area contributed by atoms with Crippen molar-refractivity contribution < 1.29 is 4.74 Å². The van der Waals surface area contributed by atoms with E-state index in [1.165, 1.54) is 0 Å². The molecule has 2 N–H and O–H groups in total. The van der Waals surface area contributed by atoms with Crippen LogP contribution in [0.15, 0.2) is 24.3 Å². The van der Waals surface area contributed by atoms with Gasteiger partial charge in [-0.25, -0.2) is 0 Å². The third-order valence-corrected chi connectivity index (χ3v) is 2.47. The first-order valence-electron chi connectivity index (χ1n) is 4.39. The number of anilines is 1. The Morgan fingerprint density at radius 2 is 2.15 bits per heavy atom. The van der Waals surface area contributed by atoms with Crippen molar-refractivity contribution in [2.75, 3.05) is 23.8 Å². The quantitative estimate of drug-likeness (QED) is 0.581. The highest BCUT2D eigenvalue weighted by Gasteiger charge is 1.96. The molecule has 0 unspecified atom stereocenters. The van der Waals surface area contributed by atoms with E-state index >= 15 is 0 Å². The van der Waals surface area contributed by atoms with Gasteiger partial charge in [0.15, 0.2) is 0 Å². The maximum absolute atomic E-state index is 5.70. The predicted octanol–water partition coefficient (Wildman–Crippen LogP) is 2.40. The largest absolute Gasteiger partial charge is 0.491 e. The molecule has 0 aliphatic carbocycles. The summed E-state index contributed by atoms with van der Waals surface area (Å²) in [6.07, 6.45) is 0. The minimum absolute atomic E-state index is 0.712. The summed E-state index contributed by atoms with van der Waals surface area (Å²) in [4.78, 5) is 0. The lowest BCUT2D eigenvalue weighted by molar-refractivity contribution is 0.346. The summed E-state index contributed by atoms with van der Waals surface area (Å²) in [7, 11) is 0. The average molecular weight is 197 g/mol. The van der Waals surface area contributed by atoms with Gasteiger partial charge in [-0.2, -0.15) is 11.8 Å².